The van der Waals surface area contributed by atoms with Gasteiger partial charge in [0.2, 0.25) is 0 Å². The normalized spacial score (nSPS) is 14.0. The minimum Gasteiger partial charge on any atom is -0.497 e. The first-order valence-corrected chi connectivity index (χ1v) is 7.44. The first-order chi connectivity index (χ1) is 10.3. The molecule has 24 heavy (non-hydrogen) atoms. The smallest absolute Gasteiger partial charge is 0.163 e. The summed E-state index contributed by atoms with van der Waals surface area (Å²) >= 11 is 0. The SMILES string of the molecule is COc1ccc2nccc(C(=O)CC3CCNCC3)c2c1.Cl.Cl.O. The van der Waals surface area contributed by atoms with E-state index >= 15 is 0 Å². The van der Waals surface area contributed by atoms with Crippen molar-refractivity contribution < 1.29 is 15.0 Å². The van der Waals surface area contributed by atoms with Crippen LogP contribution < -0.4 is 10.1 Å². The lowest BCUT2D eigenvalue weighted by Gasteiger charge is -2.22. The highest BCUT2D eigenvalue weighted by atomic mass is 35.5. The van der Waals surface area contributed by atoms with Crippen molar-refractivity contribution in [3.63, 3.8) is 0 Å². The highest BCUT2D eigenvalue weighted by Crippen LogP contribution is 2.25. The molecule has 2 heterocycles. The van der Waals surface area contributed by atoms with Gasteiger partial charge in [0, 0.05) is 23.6 Å². The highest BCUT2D eigenvalue weighted by molar-refractivity contribution is 6.07. The van der Waals surface area contributed by atoms with Crippen LogP contribution in [0, 0.1) is 5.92 Å². The number of carbonyl (C=O) groups excluding carboxylic acids is 1. The molecule has 1 aromatic heterocycles. The average molecular weight is 375 g/mol. The summed E-state index contributed by atoms with van der Waals surface area (Å²) < 4.78 is 5.26. The molecule has 3 N–H and O–H groups in total. The van der Waals surface area contributed by atoms with Crippen LogP contribution in [0.4, 0.5) is 0 Å². The molecule has 0 unspecified atom stereocenters. The first-order valence-electron chi connectivity index (χ1n) is 7.44. The molecule has 0 saturated carbocycles. The van der Waals surface area contributed by atoms with E-state index in [1.54, 1.807) is 13.3 Å². The second kappa shape index (κ2) is 10.5. The summed E-state index contributed by atoms with van der Waals surface area (Å²) in [7, 11) is 1.63. The van der Waals surface area contributed by atoms with Gasteiger partial charge in [-0.15, -0.1) is 24.8 Å². The minimum absolute atomic E-state index is 0. The van der Waals surface area contributed by atoms with E-state index < -0.39 is 0 Å². The molecule has 1 saturated heterocycles. The van der Waals surface area contributed by atoms with Crippen LogP contribution in [0.2, 0.25) is 0 Å². The van der Waals surface area contributed by atoms with Gasteiger partial charge in [0.05, 0.1) is 12.6 Å². The maximum atomic E-state index is 12.6. The summed E-state index contributed by atoms with van der Waals surface area (Å²) in [5.41, 5.74) is 1.60. The molecule has 0 amide bonds. The number of Topliss-reactive ketones (excluding diaryl/α,β-unsaturated/α-hetero) is 1. The molecule has 0 aliphatic carbocycles. The van der Waals surface area contributed by atoms with Gasteiger partial charge in [-0.25, -0.2) is 0 Å². The van der Waals surface area contributed by atoms with Gasteiger partial charge in [0.1, 0.15) is 5.75 Å². The van der Waals surface area contributed by atoms with Gasteiger partial charge in [0.25, 0.3) is 0 Å². The van der Waals surface area contributed by atoms with Gasteiger partial charge in [-0.3, -0.25) is 9.78 Å². The predicted octanol–water partition coefficient (Wildman–Crippen LogP) is 2.83. The van der Waals surface area contributed by atoms with E-state index in [0.29, 0.717) is 12.3 Å². The summed E-state index contributed by atoms with van der Waals surface area (Å²) in [6.45, 7) is 2.03. The van der Waals surface area contributed by atoms with Gasteiger partial charge >= 0.3 is 0 Å². The molecule has 1 aliphatic heterocycles. The van der Waals surface area contributed by atoms with E-state index in [0.717, 1.165) is 48.1 Å². The molecular weight excluding hydrogens is 351 g/mol. The molecule has 0 spiro atoms. The Morgan fingerprint density at radius 2 is 1.96 bits per heavy atom. The molecule has 3 rings (SSSR count). The van der Waals surface area contributed by atoms with Crippen molar-refractivity contribution in [2.45, 2.75) is 19.3 Å². The largest absolute Gasteiger partial charge is 0.497 e. The molecule has 0 atom stereocenters. The number of methoxy groups -OCH3 is 1. The third-order valence-corrected chi connectivity index (χ3v) is 4.18. The van der Waals surface area contributed by atoms with E-state index in [-0.39, 0.29) is 36.1 Å². The van der Waals surface area contributed by atoms with Crippen LogP contribution in [-0.4, -0.2) is 36.4 Å². The monoisotopic (exact) mass is 374 g/mol. The molecule has 0 radical (unpaired) electrons. The number of piperidine rings is 1. The lowest BCUT2D eigenvalue weighted by molar-refractivity contribution is 0.0954. The van der Waals surface area contributed by atoms with Gasteiger partial charge < -0.3 is 15.5 Å². The average Bonchev–Trinajstić information content (AvgIpc) is 2.54. The number of hydrogen-bond acceptors (Lipinski definition) is 4. The Balaban J connectivity index is 0.00000176. The predicted molar refractivity (Wildman–Crippen MR) is 101 cm³/mol. The molecule has 1 aliphatic rings. The minimum atomic E-state index is 0. The van der Waals surface area contributed by atoms with Crippen molar-refractivity contribution in [2.24, 2.45) is 5.92 Å². The molecule has 5 nitrogen and oxygen atoms in total. The van der Waals surface area contributed by atoms with E-state index in [9.17, 15) is 4.79 Å². The third-order valence-electron chi connectivity index (χ3n) is 4.18. The zero-order valence-corrected chi connectivity index (χ0v) is 15.2. The first kappa shape index (κ1) is 22.6. The fraction of sp³-hybridized carbons (Fsp3) is 0.412. The molecule has 1 fully saturated rings. The third kappa shape index (κ3) is 5.05. The quantitative estimate of drug-likeness (QED) is 0.833. The summed E-state index contributed by atoms with van der Waals surface area (Å²) in [6.07, 6.45) is 4.50. The number of nitrogens with zero attached hydrogens (tertiary/aromatic N) is 1. The number of benzene rings is 1. The number of nitrogens with one attached hydrogen (secondary N) is 1. The number of rotatable bonds is 4. The van der Waals surface area contributed by atoms with Crippen LogP contribution in [0.1, 0.15) is 29.6 Å². The van der Waals surface area contributed by atoms with Crippen LogP contribution in [0.15, 0.2) is 30.5 Å². The number of fused-ring (bicyclic) bond motifs is 1. The van der Waals surface area contributed by atoms with Crippen LogP contribution in [0.3, 0.4) is 0 Å². The number of ether oxygens (including phenoxy) is 1. The topological polar surface area (TPSA) is 82.7 Å². The maximum Gasteiger partial charge on any atom is 0.163 e. The number of carbonyl (C=O) groups is 1. The molecular formula is C17H24Cl2N2O3. The summed E-state index contributed by atoms with van der Waals surface area (Å²) in [4.78, 5) is 17.0. The van der Waals surface area contributed by atoms with Gasteiger partial charge in [-0.1, -0.05) is 0 Å². The summed E-state index contributed by atoms with van der Waals surface area (Å²) in [5, 5.41) is 4.22. The molecule has 134 valence electrons. The standard InChI is InChI=1S/C17H20N2O2.2ClH.H2O/c1-21-13-2-3-16-15(11-13)14(6-9-19-16)17(20)10-12-4-7-18-8-5-12;;;/h2-3,6,9,11-12,18H,4-5,7-8,10H2,1H3;2*1H;1H2. The summed E-state index contributed by atoms with van der Waals surface area (Å²) in [6, 6.07) is 7.50. The summed E-state index contributed by atoms with van der Waals surface area (Å²) in [5.74, 6) is 1.46. The van der Waals surface area contributed by atoms with E-state index in [1.807, 2.05) is 24.3 Å². The fourth-order valence-electron chi connectivity index (χ4n) is 2.95. The number of hydrogen-bond donors (Lipinski definition) is 1. The second-order valence-electron chi connectivity index (χ2n) is 5.56. The van der Waals surface area contributed by atoms with E-state index in [4.69, 9.17) is 4.74 Å². The molecule has 2 aromatic rings. The fourth-order valence-corrected chi connectivity index (χ4v) is 2.95. The van der Waals surface area contributed by atoms with Gasteiger partial charge in [0.15, 0.2) is 5.78 Å². The van der Waals surface area contributed by atoms with Crippen LogP contribution in [0.25, 0.3) is 10.9 Å². The number of pyridine rings is 1. The van der Waals surface area contributed by atoms with Crippen molar-refractivity contribution in [2.75, 3.05) is 20.2 Å². The van der Waals surface area contributed by atoms with Gasteiger partial charge in [-0.05, 0) is 56.1 Å². The van der Waals surface area contributed by atoms with Crippen molar-refractivity contribution >= 4 is 41.5 Å². The molecule has 7 heteroatoms. The Morgan fingerprint density at radius 1 is 1.25 bits per heavy atom. The number of aromatic nitrogens is 1. The van der Waals surface area contributed by atoms with Crippen molar-refractivity contribution in [3.8, 4) is 5.75 Å². The Labute approximate surface area is 154 Å². The molecule has 0 bridgehead atoms. The maximum absolute atomic E-state index is 12.6. The Hall–Kier alpha value is -1.40. The molecule has 1 aromatic carbocycles. The van der Waals surface area contributed by atoms with Crippen molar-refractivity contribution in [1.82, 2.24) is 10.3 Å². The lowest BCUT2D eigenvalue weighted by Crippen LogP contribution is -2.28. The van der Waals surface area contributed by atoms with E-state index in [1.165, 1.54) is 0 Å². The van der Waals surface area contributed by atoms with Crippen molar-refractivity contribution in [1.29, 1.82) is 0 Å². The highest BCUT2D eigenvalue weighted by Gasteiger charge is 2.19. The number of ketones is 1. The Morgan fingerprint density at radius 3 is 2.62 bits per heavy atom. The van der Waals surface area contributed by atoms with Gasteiger partial charge in [-0.2, -0.15) is 0 Å². The zero-order valence-electron chi connectivity index (χ0n) is 13.6. The second-order valence-corrected chi connectivity index (χ2v) is 5.56. The number of halogens is 2. The lowest BCUT2D eigenvalue weighted by atomic mass is 9.90. The van der Waals surface area contributed by atoms with E-state index in [2.05, 4.69) is 10.3 Å². The Bertz CT molecular complexity index is 661. The van der Waals surface area contributed by atoms with Crippen LogP contribution in [-0.2, 0) is 0 Å². The van der Waals surface area contributed by atoms with Crippen LogP contribution >= 0.6 is 24.8 Å². The zero-order chi connectivity index (χ0) is 14.7. The van der Waals surface area contributed by atoms with Crippen LogP contribution in [0.5, 0.6) is 5.75 Å². The van der Waals surface area contributed by atoms with Crippen molar-refractivity contribution in [3.05, 3.63) is 36.0 Å². The Kier molecular flexibility index (Phi) is 9.85.